The molecule has 8 nitrogen and oxygen atoms in total. The van der Waals surface area contributed by atoms with Crippen LogP contribution in [0.25, 0.3) is 0 Å². The van der Waals surface area contributed by atoms with Crippen molar-refractivity contribution in [2.75, 3.05) is 47.0 Å². The lowest BCUT2D eigenvalue weighted by Gasteiger charge is -2.42. The van der Waals surface area contributed by atoms with E-state index < -0.39 is 12.1 Å². The molecule has 1 N–H and O–H groups in total. The molecule has 188 valence electrons. The van der Waals surface area contributed by atoms with Crippen molar-refractivity contribution >= 4 is 23.2 Å². The van der Waals surface area contributed by atoms with Crippen LogP contribution < -0.4 is 0 Å². The molecule has 1 spiro atoms. The summed E-state index contributed by atoms with van der Waals surface area (Å²) in [5.74, 6) is -2.19. The molecule has 2 aliphatic heterocycles. The predicted octanol–water partition coefficient (Wildman–Crippen LogP) is 2.95. The van der Waals surface area contributed by atoms with Gasteiger partial charge in [0.2, 0.25) is 5.91 Å². The number of alkyl halides is 3. The number of aromatic nitrogens is 1. The maximum atomic E-state index is 11.6. The van der Waals surface area contributed by atoms with Gasteiger partial charge < -0.3 is 19.5 Å². The fourth-order valence-electron chi connectivity index (χ4n) is 4.03. The van der Waals surface area contributed by atoms with Crippen LogP contribution in [0, 0.1) is 12.8 Å². The lowest BCUT2D eigenvalue weighted by molar-refractivity contribution is -0.192. The van der Waals surface area contributed by atoms with Gasteiger partial charge in [-0.3, -0.25) is 9.69 Å². The number of rotatable bonds is 7. The van der Waals surface area contributed by atoms with Crippen LogP contribution in [0.1, 0.15) is 36.3 Å². The number of carboxylic acids is 1. The van der Waals surface area contributed by atoms with Gasteiger partial charge in [0.05, 0.1) is 16.8 Å². The molecule has 0 radical (unpaired) electrons. The molecule has 1 aromatic heterocycles. The minimum absolute atomic E-state index is 0.0220. The number of ether oxygens (including phenoxy) is 2. The zero-order valence-electron chi connectivity index (χ0n) is 19.2. The molecular formula is C21H32F3N3O5S. The molecular weight excluding hydrogens is 463 g/mol. The topological polar surface area (TPSA) is 92.2 Å². The van der Waals surface area contributed by atoms with Crippen LogP contribution in [0.4, 0.5) is 13.2 Å². The van der Waals surface area contributed by atoms with Gasteiger partial charge in [-0.2, -0.15) is 13.2 Å². The predicted molar refractivity (Wildman–Crippen MR) is 116 cm³/mol. The smallest absolute Gasteiger partial charge is 0.475 e. The Labute approximate surface area is 195 Å². The minimum atomic E-state index is -5.08. The van der Waals surface area contributed by atoms with Gasteiger partial charge in [0.15, 0.2) is 0 Å². The summed E-state index contributed by atoms with van der Waals surface area (Å²) in [5, 5.41) is 7.12. The molecule has 2 aliphatic rings. The molecule has 0 aromatic carbocycles. The summed E-state index contributed by atoms with van der Waals surface area (Å²) >= 11 is 1.75. The average Bonchev–Trinajstić information content (AvgIpc) is 3.32. The number of amides is 1. The Hall–Kier alpha value is -1.76. The number of aryl methyl sites for hydroxylation is 1. The third-order valence-corrected chi connectivity index (χ3v) is 7.01. The number of carboxylic acid groups (broad SMARTS) is 1. The molecule has 0 aliphatic carbocycles. The van der Waals surface area contributed by atoms with Gasteiger partial charge in [-0.05, 0) is 38.5 Å². The number of nitrogens with zero attached hydrogens (tertiary/aromatic N) is 3. The van der Waals surface area contributed by atoms with E-state index in [4.69, 9.17) is 19.4 Å². The van der Waals surface area contributed by atoms with E-state index in [0.717, 1.165) is 57.6 Å². The number of aliphatic carboxylic acids is 1. The largest absolute Gasteiger partial charge is 0.490 e. The summed E-state index contributed by atoms with van der Waals surface area (Å²) in [6, 6.07) is 0. The van der Waals surface area contributed by atoms with Crippen LogP contribution in [0.5, 0.6) is 0 Å². The third-order valence-electron chi connectivity index (χ3n) is 6.09. The first-order valence-corrected chi connectivity index (χ1v) is 11.7. The number of hydrogen-bond acceptors (Lipinski definition) is 7. The van der Waals surface area contributed by atoms with Crippen molar-refractivity contribution in [3.05, 3.63) is 16.1 Å². The summed E-state index contributed by atoms with van der Waals surface area (Å²) < 4.78 is 43.6. The molecule has 1 atom stereocenters. The van der Waals surface area contributed by atoms with Crippen LogP contribution in [0.2, 0.25) is 0 Å². The highest BCUT2D eigenvalue weighted by atomic mass is 32.1. The molecule has 2 fully saturated rings. The monoisotopic (exact) mass is 495 g/mol. The highest BCUT2D eigenvalue weighted by Gasteiger charge is 2.45. The molecule has 0 saturated carbocycles. The van der Waals surface area contributed by atoms with E-state index >= 15 is 0 Å². The normalized spacial score (nSPS) is 20.4. The molecule has 3 heterocycles. The Morgan fingerprint density at radius 3 is 2.52 bits per heavy atom. The van der Waals surface area contributed by atoms with Gasteiger partial charge in [-0.25, -0.2) is 9.78 Å². The summed E-state index contributed by atoms with van der Waals surface area (Å²) in [6.07, 6.45) is -0.814. The maximum absolute atomic E-state index is 11.6. The first-order chi connectivity index (χ1) is 15.4. The first kappa shape index (κ1) is 27.5. The van der Waals surface area contributed by atoms with Crippen molar-refractivity contribution in [2.45, 2.75) is 50.9 Å². The zero-order chi connectivity index (χ0) is 24.6. The second kappa shape index (κ2) is 12.1. The number of hydrogen-bond donors (Lipinski definition) is 1. The Morgan fingerprint density at radius 2 is 2.00 bits per heavy atom. The van der Waals surface area contributed by atoms with Crippen LogP contribution in [0.3, 0.4) is 0 Å². The van der Waals surface area contributed by atoms with E-state index in [9.17, 15) is 18.0 Å². The summed E-state index contributed by atoms with van der Waals surface area (Å²) in [4.78, 5) is 30.3. The van der Waals surface area contributed by atoms with Gasteiger partial charge in [-0.1, -0.05) is 0 Å². The fraction of sp³-hybridized carbons (Fsp3) is 0.762. The lowest BCUT2D eigenvalue weighted by Crippen LogP contribution is -2.47. The van der Waals surface area contributed by atoms with E-state index in [1.807, 2.05) is 5.51 Å². The molecule has 1 amide bonds. The number of halogens is 3. The molecule has 1 aromatic rings. The standard InChI is InChI=1S/C19H31N3O3S.C2HF3O2/c1-15-17(26-14-20-15)12-22-8-6-19(7-9-22)16(5-11-25-19)4-10-24-13-18(23)21(2)3;3-2(4,5)1(6)7/h14,16H,4-13H2,1-3H3;(H,6,7). The number of thiazole rings is 1. The van der Waals surface area contributed by atoms with Crippen molar-refractivity contribution in [2.24, 2.45) is 5.92 Å². The summed E-state index contributed by atoms with van der Waals surface area (Å²) in [7, 11) is 3.51. The lowest BCUT2D eigenvalue weighted by atomic mass is 9.78. The second-order valence-electron chi connectivity index (χ2n) is 8.47. The molecule has 33 heavy (non-hydrogen) atoms. The number of likely N-dealkylation sites (tertiary alicyclic amines) is 1. The highest BCUT2D eigenvalue weighted by Crippen LogP contribution is 2.42. The van der Waals surface area contributed by atoms with Crippen molar-refractivity contribution in [3.63, 3.8) is 0 Å². The van der Waals surface area contributed by atoms with Crippen molar-refractivity contribution in [1.82, 2.24) is 14.8 Å². The van der Waals surface area contributed by atoms with Crippen LogP contribution >= 0.6 is 11.3 Å². The SMILES string of the molecule is Cc1ncsc1CN1CCC2(CC1)OCCC2CCOCC(=O)N(C)C.O=C(O)C(F)(F)F. The molecule has 0 bridgehead atoms. The van der Waals surface area contributed by atoms with E-state index in [2.05, 4.69) is 16.8 Å². The fourth-order valence-corrected chi connectivity index (χ4v) is 4.85. The van der Waals surface area contributed by atoms with Crippen molar-refractivity contribution in [3.8, 4) is 0 Å². The first-order valence-electron chi connectivity index (χ1n) is 10.8. The van der Waals surface area contributed by atoms with E-state index in [1.165, 1.54) is 4.88 Å². The van der Waals surface area contributed by atoms with Crippen LogP contribution in [-0.2, 0) is 25.6 Å². The molecule has 3 rings (SSSR count). The Kier molecular flexibility index (Phi) is 10.1. The van der Waals surface area contributed by atoms with Crippen molar-refractivity contribution in [1.29, 1.82) is 0 Å². The molecule has 12 heteroatoms. The number of likely N-dealkylation sites (N-methyl/N-ethyl adjacent to an activating group) is 1. The van der Waals surface area contributed by atoms with Crippen LogP contribution in [-0.4, -0.2) is 90.5 Å². The molecule has 1 unspecified atom stereocenters. The quantitative estimate of drug-likeness (QED) is 0.582. The van der Waals surface area contributed by atoms with Gasteiger partial charge in [0, 0.05) is 51.8 Å². The van der Waals surface area contributed by atoms with E-state index in [-0.39, 0.29) is 18.1 Å². The number of piperidine rings is 1. The van der Waals surface area contributed by atoms with Gasteiger partial charge >= 0.3 is 12.1 Å². The Morgan fingerprint density at radius 1 is 1.36 bits per heavy atom. The zero-order valence-corrected chi connectivity index (χ0v) is 20.0. The van der Waals surface area contributed by atoms with Crippen molar-refractivity contribution < 1.29 is 37.3 Å². The van der Waals surface area contributed by atoms with Gasteiger partial charge in [-0.15, -0.1) is 11.3 Å². The van der Waals surface area contributed by atoms with Gasteiger partial charge in [0.1, 0.15) is 6.61 Å². The summed E-state index contributed by atoms with van der Waals surface area (Å²) in [5.41, 5.74) is 3.12. The number of carbonyl (C=O) groups excluding carboxylic acids is 1. The molecule has 2 saturated heterocycles. The minimum Gasteiger partial charge on any atom is -0.475 e. The van der Waals surface area contributed by atoms with Gasteiger partial charge in [0.25, 0.3) is 0 Å². The Bertz CT molecular complexity index is 779. The van der Waals surface area contributed by atoms with E-state index in [1.54, 1.807) is 30.3 Å². The van der Waals surface area contributed by atoms with E-state index in [0.29, 0.717) is 12.5 Å². The van der Waals surface area contributed by atoms with Crippen LogP contribution in [0.15, 0.2) is 5.51 Å². The maximum Gasteiger partial charge on any atom is 0.490 e. The number of carbonyl (C=O) groups is 2. The Balaban J connectivity index is 0.000000479. The average molecular weight is 496 g/mol. The highest BCUT2D eigenvalue weighted by molar-refractivity contribution is 7.09. The second-order valence-corrected chi connectivity index (χ2v) is 9.41. The summed E-state index contributed by atoms with van der Waals surface area (Å²) in [6.45, 7) is 6.92. The third kappa shape index (κ3) is 8.20.